The van der Waals surface area contributed by atoms with Gasteiger partial charge >= 0.3 is 12.1 Å². The summed E-state index contributed by atoms with van der Waals surface area (Å²) in [4.78, 5) is 26.1. The van der Waals surface area contributed by atoms with E-state index in [9.17, 15) is 18.0 Å². The summed E-state index contributed by atoms with van der Waals surface area (Å²) in [7, 11) is 0. The predicted molar refractivity (Wildman–Crippen MR) is 107 cm³/mol. The van der Waals surface area contributed by atoms with Gasteiger partial charge in [0.05, 0.1) is 11.8 Å². The molecule has 4 heterocycles. The average Bonchev–Trinajstić information content (AvgIpc) is 3.33. The summed E-state index contributed by atoms with van der Waals surface area (Å²) in [5.41, 5.74) is 0.976. The molecule has 0 radical (unpaired) electrons. The summed E-state index contributed by atoms with van der Waals surface area (Å²) in [6.45, 7) is 8.70. The Hall–Kier alpha value is -2.14. The monoisotopic (exact) mass is 461 g/mol. The van der Waals surface area contributed by atoms with Crippen molar-refractivity contribution in [2.75, 3.05) is 26.2 Å². The molecule has 180 valence electrons. The van der Waals surface area contributed by atoms with Crippen LogP contribution in [0.2, 0.25) is 0 Å². The smallest absolute Gasteiger partial charge is 0.475 e. The van der Waals surface area contributed by atoms with Crippen molar-refractivity contribution in [3.8, 4) is 0 Å². The zero-order chi connectivity index (χ0) is 23.5. The van der Waals surface area contributed by atoms with Crippen LogP contribution < -0.4 is 0 Å². The Balaban J connectivity index is 0.000000360. The van der Waals surface area contributed by atoms with Crippen LogP contribution in [-0.4, -0.2) is 76.5 Å². The molecule has 1 amide bonds. The van der Waals surface area contributed by atoms with Gasteiger partial charge in [0.1, 0.15) is 11.9 Å². The molecule has 0 saturated carbocycles. The number of aryl methyl sites for hydroxylation is 1. The number of ether oxygens (including phenoxy) is 1. The molecule has 0 spiro atoms. The second kappa shape index (κ2) is 10.2. The van der Waals surface area contributed by atoms with Crippen LogP contribution in [0.1, 0.15) is 44.1 Å². The Kier molecular flexibility index (Phi) is 7.81. The molecule has 3 fully saturated rings. The minimum atomic E-state index is -5.08. The molecule has 0 bridgehead atoms. The summed E-state index contributed by atoms with van der Waals surface area (Å²) < 4.78 is 43.1. The van der Waals surface area contributed by atoms with Crippen LogP contribution in [-0.2, 0) is 20.9 Å². The van der Waals surface area contributed by atoms with Crippen molar-refractivity contribution >= 4 is 11.9 Å². The van der Waals surface area contributed by atoms with E-state index >= 15 is 0 Å². The lowest BCUT2D eigenvalue weighted by Crippen LogP contribution is -2.44. The van der Waals surface area contributed by atoms with Crippen LogP contribution in [0.4, 0.5) is 13.2 Å². The third-order valence-corrected chi connectivity index (χ3v) is 6.31. The second-order valence-electron chi connectivity index (χ2n) is 8.92. The molecule has 3 aliphatic rings. The van der Waals surface area contributed by atoms with Crippen molar-refractivity contribution in [2.45, 2.75) is 64.5 Å². The number of alkyl halides is 3. The fraction of sp³-hybridized carbons (Fsp3) is 0.762. The number of carbonyl (C=O) groups is 2. The Bertz CT molecular complexity index is 792. The zero-order valence-corrected chi connectivity index (χ0v) is 18.3. The van der Waals surface area contributed by atoms with Gasteiger partial charge in [0.2, 0.25) is 0 Å². The number of hydrogen-bond acceptors (Lipinski definition) is 6. The van der Waals surface area contributed by atoms with Gasteiger partial charge in [-0.2, -0.15) is 13.2 Å². The third kappa shape index (κ3) is 6.44. The SMILES string of the molecule is Cc1cc(CN2CC[C@H]3C[C@H](C(=O)N4CCC(C)CC4)O[C@@H]3C2)no1.O=C(O)C(F)(F)F. The molecule has 3 aliphatic heterocycles. The molecule has 1 aromatic rings. The summed E-state index contributed by atoms with van der Waals surface area (Å²) >= 11 is 0. The van der Waals surface area contributed by atoms with Crippen molar-refractivity contribution in [3.05, 3.63) is 17.5 Å². The highest BCUT2D eigenvalue weighted by Gasteiger charge is 2.43. The first-order chi connectivity index (χ1) is 15.0. The predicted octanol–water partition coefficient (Wildman–Crippen LogP) is 2.85. The van der Waals surface area contributed by atoms with E-state index in [2.05, 4.69) is 17.0 Å². The summed E-state index contributed by atoms with van der Waals surface area (Å²) in [6.07, 6.45) is -0.890. The fourth-order valence-corrected chi connectivity index (χ4v) is 4.45. The van der Waals surface area contributed by atoms with E-state index in [1.807, 2.05) is 17.9 Å². The highest BCUT2D eigenvalue weighted by atomic mass is 19.4. The Morgan fingerprint density at radius 2 is 1.88 bits per heavy atom. The highest BCUT2D eigenvalue weighted by Crippen LogP contribution is 2.35. The lowest BCUT2D eigenvalue weighted by molar-refractivity contribution is -0.192. The first-order valence-corrected chi connectivity index (χ1v) is 10.9. The quantitative estimate of drug-likeness (QED) is 0.740. The molecule has 8 nitrogen and oxygen atoms in total. The van der Waals surface area contributed by atoms with Crippen LogP contribution in [0, 0.1) is 18.8 Å². The topological polar surface area (TPSA) is 96.1 Å². The van der Waals surface area contributed by atoms with Crippen LogP contribution in [0.15, 0.2) is 10.6 Å². The molecule has 1 N–H and O–H groups in total. The van der Waals surface area contributed by atoms with Crippen molar-refractivity contribution in [3.63, 3.8) is 0 Å². The number of carboxylic acid groups (broad SMARTS) is 1. The molecule has 0 aromatic carbocycles. The van der Waals surface area contributed by atoms with E-state index in [-0.39, 0.29) is 18.1 Å². The van der Waals surface area contributed by atoms with Crippen LogP contribution in [0.3, 0.4) is 0 Å². The zero-order valence-electron chi connectivity index (χ0n) is 18.3. The minimum Gasteiger partial charge on any atom is -0.475 e. The maximum absolute atomic E-state index is 12.8. The lowest BCUT2D eigenvalue weighted by Gasteiger charge is -2.33. The molecule has 4 rings (SSSR count). The number of carbonyl (C=O) groups excluding carboxylic acids is 1. The number of aromatic nitrogens is 1. The van der Waals surface area contributed by atoms with Gasteiger partial charge in [0.15, 0.2) is 0 Å². The average molecular weight is 461 g/mol. The molecule has 0 unspecified atom stereocenters. The standard InChI is InChI=1S/C19H29N3O3.C2HF3O2/c1-13-3-7-22(8-4-13)19(23)17-10-15-5-6-21(12-18(15)24-17)11-16-9-14(2)25-20-16;3-2(4,5)1(6)7/h9,13,15,17-18H,3-8,10-12H2,1-2H3;(H,6,7)/t15-,17+,18+;/m0./s1. The molecule has 1 aromatic heterocycles. The van der Waals surface area contributed by atoms with Crippen LogP contribution >= 0.6 is 0 Å². The number of piperidine rings is 2. The van der Waals surface area contributed by atoms with Gasteiger partial charge in [0, 0.05) is 32.2 Å². The largest absolute Gasteiger partial charge is 0.490 e. The number of aliphatic carboxylic acids is 1. The number of nitrogens with zero attached hydrogens (tertiary/aromatic N) is 3. The number of amides is 1. The van der Waals surface area contributed by atoms with Gasteiger partial charge in [-0.25, -0.2) is 4.79 Å². The normalized spacial score (nSPS) is 26.9. The number of halogens is 3. The Labute approximate surface area is 184 Å². The Morgan fingerprint density at radius 3 is 2.44 bits per heavy atom. The van der Waals surface area contributed by atoms with Gasteiger partial charge in [-0.15, -0.1) is 0 Å². The fourth-order valence-electron chi connectivity index (χ4n) is 4.45. The summed E-state index contributed by atoms with van der Waals surface area (Å²) in [5.74, 6) is -0.422. The second-order valence-corrected chi connectivity index (χ2v) is 8.92. The lowest BCUT2D eigenvalue weighted by atomic mass is 9.91. The van der Waals surface area contributed by atoms with Crippen molar-refractivity contribution in [2.24, 2.45) is 11.8 Å². The van der Waals surface area contributed by atoms with Crippen LogP contribution in [0.25, 0.3) is 0 Å². The number of likely N-dealkylation sites (tertiary alicyclic amines) is 2. The van der Waals surface area contributed by atoms with Crippen molar-refractivity contribution in [1.29, 1.82) is 0 Å². The maximum Gasteiger partial charge on any atom is 0.490 e. The number of hydrogen-bond donors (Lipinski definition) is 1. The summed E-state index contributed by atoms with van der Waals surface area (Å²) in [5, 5.41) is 11.2. The van der Waals surface area contributed by atoms with E-state index in [0.29, 0.717) is 5.92 Å². The van der Waals surface area contributed by atoms with E-state index in [0.717, 1.165) is 75.8 Å². The maximum atomic E-state index is 12.8. The molecule has 3 atom stereocenters. The van der Waals surface area contributed by atoms with E-state index in [1.54, 1.807) is 0 Å². The minimum absolute atomic E-state index is 0.180. The van der Waals surface area contributed by atoms with Crippen molar-refractivity contribution in [1.82, 2.24) is 15.0 Å². The number of fused-ring (bicyclic) bond motifs is 1. The number of rotatable bonds is 3. The molecular weight excluding hydrogens is 431 g/mol. The van der Waals surface area contributed by atoms with E-state index in [4.69, 9.17) is 19.2 Å². The molecule has 11 heteroatoms. The molecular formula is C21H30F3N3O5. The number of carboxylic acids is 1. The molecule has 0 aliphatic carbocycles. The first kappa shape index (κ1) is 24.5. The van der Waals surface area contributed by atoms with Gasteiger partial charge in [-0.05, 0) is 51.0 Å². The van der Waals surface area contributed by atoms with Crippen LogP contribution in [0.5, 0.6) is 0 Å². The van der Waals surface area contributed by atoms with Gasteiger partial charge in [0.25, 0.3) is 5.91 Å². The first-order valence-electron chi connectivity index (χ1n) is 10.9. The molecule has 3 saturated heterocycles. The Morgan fingerprint density at radius 1 is 1.22 bits per heavy atom. The molecule has 32 heavy (non-hydrogen) atoms. The van der Waals surface area contributed by atoms with E-state index in [1.165, 1.54) is 0 Å². The third-order valence-electron chi connectivity index (χ3n) is 6.31. The highest BCUT2D eigenvalue weighted by molar-refractivity contribution is 5.81. The summed E-state index contributed by atoms with van der Waals surface area (Å²) in [6, 6.07) is 1.99. The van der Waals surface area contributed by atoms with Gasteiger partial charge < -0.3 is 19.3 Å². The van der Waals surface area contributed by atoms with Gasteiger partial charge in [-0.3, -0.25) is 9.69 Å². The van der Waals surface area contributed by atoms with E-state index < -0.39 is 12.1 Å². The van der Waals surface area contributed by atoms with Crippen molar-refractivity contribution < 1.29 is 37.1 Å². The van der Waals surface area contributed by atoms with Gasteiger partial charge in [-0.1, -0.05) is 12.1 Å².